The molecule has 0 amide bonds. The maximum atomic E-state index is 11.5. The second-order valence-corrected chi connectivity index (χ2v) is 6.79. The molecule has 4 rings (SSSR count). The Bertz CT molecular complexity index is 333. The van der Waals surface area contributed by atoms with Gasteiger partial charge in [0.2, 0.25) is 0 Å². The minimum absolute atomic E-state index is 0.0559. The quantitative estimate of drug-likeness (QED) is 0.753. The SMILES string of the molecule is O=C(O)C1CCCC23CCCCCCCC1(C2)N3. The van der Waals surface area contributed by atoms with Crippen LogP contribution in [0.15, 0.2) is 0 Å². The first-order valence-corrected chi connectivity index (χ1v) is 7.68. The average Bonchev–Trinajstić information content (AvgIpc) is 2.54. The molecule has 4 aliphatic rings. The minimum Gasteiger partial charge on any atom is -0.481 e. The van der Waals surface area contributed by atoms with Crippen molar-refractivity contribution in [2.75, 3.05) is 0 Å². The van der Waals surface area contributed by atoms with Crippen LogP contribution in [0.4, 0.5) is 0 Å². The van der Waals surface area contributed by atoms with Crippen LogP contribution in [-0.4, -0.2) is 22.2 Å². The Kier molecular flexibility index (Phi) is 3.13. The van der Waals surface area contributed by atoms with Gasteiger partial charge in [0, 0.05) is 11.1 Å². The van der Waals surface area contributed by atoms with Gasteiger partial charge < -0.3 is 10.4 Å². The van der Waals surface area contributed by atoms with Gasteiger partial charge in [-0.25, -0.2) is 0 Å². The molecule has 3 unspecified atom stereocenters. The largest absolute Gasteiger partial charge is 0.481 e. The molecule has 3 nitrogen and oxygen atoms in total. The van der Waals surface area contributed by atoms with E-state index in [1.165, 1.54) is 44.9 Å². The van der Waals surface area contributed by atoms with Crippen molar-refractivity contribution >= 4 is 5.97 Å². The number of fused-ring (bicyclic) bond motifs is 3. The van der Waals surface area contributed by atoms with Crippen molar-refractivity contribution in [2.24, 2.45) is 5.92 Å². The Hall–Kier alpha value is -0.570. The van der Waals surface area contributed by atoms with Gasteiger partial charge in [-0.2, -0.15) is 0 Å². The predicted octanol–water partition coefficient (Wildman–Crippen LogP) is 3.09. The number of hydrogen-bond donors (Lipinski definition) is 2. The van der Waals surface area contributed by atoms with Crippen LogP contribution in [0.1, 0.15) is 70.6 Å². The zero-order valence-corrected chi connectivity index (χ0v) is 11.2. The zero-order valence-electron chi connectivity index (χ0n) is 11.2. The molecular weight excluding hydrogens is 226 g/mol. The summed E-state index contributed by atoms with van der Waals surface area (Å²) < 4.78 is 0. The zero-order chi connectivity index (χ0) is 12.6. The molecule has 2 saturated heterocycles. The topological polar surface area (TPSA) is 49.3 Å². The lowest BCUT2D eigenvalue weighted by Crippen LogP contribution is -2.74. The van der Waals surface area contributed by atoms with E-state index in [0.717, 1.165) is 25.7 Å². The number of nitrogens with one attached hydrogen (secondary N) is 1. The minimum atomic E-state index is -0.574. The fraction of sp³-hybridized carbons (Fsp3) is 0.933. The first kappa shape index (κ1) is 12.5. The Morgan fingerprint density at radius 1 is 1.00 bits per heavy atom. The standard InChI is InChI=1S/C15H25NO2/c17-13(18)12-7-6-9-14-8-4-2-1-3-5-10-15(12,11-14)16-14/h12,16H,1-11H2,(H,17,18). The fourth-order valence-electron chi connectivity index (χ4n) is 4.79. The van der Waals surface area contributed by atoms with E-state index in [1.807, 2.05) is 0 Å². The monoisotopic (exact) mass is 251 g/mol. The third-order valence-electron chi connectivity index (χ3n) is 5.56. The van der Waals surface area contributed by atoms with E-state index < -0.39 is 5.97 Å². The number of carbonyl (C=O) groups is 1. The highest BCUT2D eigenvalue weighted by atomic mass is 16.4. The van der Waals surface area contributed by atoms with Crippen LogP contribution in [0.5, 0.6) is 0 Å². The third kappa shape index (κ3) is 1.97. The number of carboxylic acids is 1. The molecule has 2 bridgehead atoms. The van der Waals surface area contributed by atoms with Gasteiger partial charge in [0.25, 0.3) is 0 Å². The summed E-state index contributed by atoms with van der Waals surface area (Å²) >= 11 is 0. The van der Waals surface area contributed by atoms with Crippen molar-refractivity contribution in [2.45, 2.75) is 81.7 Å². The van der Waals surface area contributed by atoms with Crippen LogP contribution >= 0.6 is 0 Å². The van der Waals surface area contributed by atoms with Crippen molar-refractivity contribution in [3.05, 3.63) is 0 Å². The Balaban J connectivity index is 1.83. The van der Waals surface area contributed by atoms with Crippen molar-refractivity contribution < 1.29 is 9.90 Å². The van der Waals surface area contributed by atoms with Crippen LogP contribution in [-0.2, 0) is 4.79 Å². The molecule has 2 aliphatic heterocycles. The highest BCUT2D eigenvalue weighted by molar-refractivity contribution is 5.72. The van der Waals surface area contributed by atoms with Crippen LogP contribution < -0.4 is 5.32 Å². The molecule has 0 spiro atoms. The molecule has 2 aliphatic carbocycles. The van der Waals surface area contributed by atoms with E-state index in [0.29, 0.717) is 5.54 Å². The molecular formula is C15H25NO2. The summed E-state index contributed by atoms with van der Waals surface area (Å²) in [5, 5.41) is 13.3. The van der Waals surface area contributed by atoms with Crippen LogP contribution in [0.25, 0.3) is 0 Å². The lowest BCUT2D eigenvalue weighted by Gasteiger charge is -2.59. The second-order valence-electron chi connectivity index (χ2n) is 6.79. The van der Waals surface area contributed by atoms with Gasteiger partial charge in [0.1, 0.15) is 0 Å². The summed E-state index contributed by atoms with van der Waals surface area (Å²) in [6.45, 7) is 0. The lowest BCUT2D eigenvalue weighted by atomic mass is 9.62. The number of hydrogen-bond acceptors (Lipinski definition) is 2. The second kappa shape index (κ2) is 4.52. The number of carboxylic acid groups (broad SMARTS) is 1. The molecule has 2 heterocycles. The van der Waals surface area contributed by atoms with Gasteiger partial charge in [-0.1, -0.05) is 38.5 Å². The summed E-state index contributed by atoms with van der Waals surface area (Å²) in [5.41, 5.74) is 0.251. The van der Waals surface area contributed by atoms with E-state index in [4.69, 9.17) is 0 Å². The molecule has 0 radical (unpaired) electrons. The van der Waals surface area contributed by atoms with E-state index >= 15 is 0 Å². The Morgan fingerprint density at radius 3 is 2.33 bits per heavy atom. The van der Waals surface area contributed by atoms with E-state index in [9.17, 15) is 9.90 Å². The molecule has 3 heteroatoms. The number of aliphatic carboxylic acids is 1. The summed E-state index contributed by atoms with van der Waals surface area (Å²) in [6.07, 6.45) is 13.1. The summed E-state index contributed by atoms with van der Waals surface area (Å²) in [4.78, 5) is 11.5. The molecule has 2 N–H and O–H groups in total. The van der Waals surface area contributed by atoms with Crippen molar-refractivity contribution in [1.29, 1.82) is 0 Å². The van der Waals surface area contributed by atoms with Crippen molar-refractivity contribution in [3.8, 4) is 0 Å². The van der Waals surface area contributed by atoms with Crippen LogP contribution in [0.2, 0.25) is 0 Å². The molecule has 0 aromatic carbocycles. The molecule has 0 aromatic heterocycles. The van der Waals surface area contributed by atoms with Gasteiger partial charge in [-0.3, -0.25) is 4.79 Å². The van der Waals surface area contributed by atoms with E-state index in [2.05, 4.69) is 5.32 Å². The van der Waals surface area contributed by atoms with E-state index in [-0.39, 0.29) is 11.5 Å². The van der Waals surface area contributed by atoms with E-state index in [1.54, 1.807) is 0 Å². The highest BCUT2D eigenvalue weighted by Crippen LogP contribution is 2.52. The van der Waals surface area contributed by atoms with Gasteiger partial charge in [0.15, 0.2) is 0 Å². The molecule has 3 atom stereocenters. The van der Waals surface area contributed by atoms with Crippen molar-refractivity contribution in [1.82, 2.24) is 5.32 Å². The fourth-order valence-corrected chi connectivity index (χ4v) is 4.79. The van der Waals surface area contributed by atoms with Gasteiger partial charge >= 0.3 is 5.97 Å². The predicted molar refractivity (Wildman–Crippen MR) is 70.5 cm³/mol. The summed E-state index contributed by atoms with van der Waals surface area (Å²) in [7, 11) is 0. The lowest BCUT2D eigenvalue weighted by molar-refractivity contribution is -0.149. The summed E-state index contributed by atoms with van der Waals surface area (Å²) in [6, 6.07) is 0. The molecule has 102 valence electrons. The van der Waals surface area contributed by atoms with Gasteiger partial charge in [-0.05, 0) is 32.1 Å². The normalized spacial score (nSPS) is 44.6. The molecule has 2 saturated carbocycles. The average molecular weight is 251 g/mol. The van der Waals surface area contributed by atoms with Gasteiger partial charge in [0.05, 0.1) is 5.92 Å². The summed E-state index contributed by atoms with van der Waals surface area (Å²) in [5.74, 6) is -0.720. The maximum absolute atomic E-state index is 11.5. The molecule has 0 aromatic rings. The van der Waals surface area contributed by atoms with Gasteiger partial charge in [-0.15, -0.1) is 0 Å². The molecule has 18 heavy (non-hydrogen) atoms. The number of rotatable bonds is 1. The highest BCUT2D eigenvalue weighted by Gasteiger charge is 2.59. The first-order chi connectivity index (χ1) is 8.66. The Morgan fingerprint density at radius 2 is 1.61 bits per heavy atom. The van der Waals surface area contributed by atoms with Crippen molar-refractivity contribution in [3.63, 3.8) is 0 Å². The van der Waals surface area contributed by atoms with Crippen LogP contribution in [0, 0.1) is 5.92 Å². The first-order valence-electron chi connectivity index (χ1n) is 7.68. The maximum Gasteiger partial charge on any atom is 0.308 e. The Labute approximate surface area is 109 Å². The molecule has 4 fully saturated rings. The van der Waals surface area contributed by atoms with Crippen LogP contribution in [0.3, 0.4) is 0 Å². The smallest absolute Gasteiger partial charge is 0.308 e. The third-order valence-corrected chi connectivity index (χ3v) is 5.56.